The van der Waals surface area contributed by atoms with Crippen LogP contribution in [0.15, 0.2) is 0 Å². The third kappa shape index (κ3) is 3.81. The highest BCUT2D eigenvalue weighted by molar-refractivity contribution is 7.99. The summed E-state index contributed by atoms with van der Waals surface area (Å²) < 4.78 is 0. The number of aromatic nitrogens is 2. The molecule has 0 bridgehead atoms. The molecule has 100 valence electrons. The number of rotatable bonds is 6. The van der Waals surface area contributed by atoms with E-state index in [2.05, 4.69) is 29.4 Å². The highest BCUT2D eigenvalue weighted by Gasteiger charge is 2.15. The Kier molecular flexibility index (Phi) is 5.81. The van der Waals surface area contributed by atoms with Gasteiger partial charge < -0.3 is 11.1 Å². The molecule has 0 aliphatic carbocycles. The van der Waals surface area contributed by atoms with Crippen LogP contribution in [0, 0.1) is 13.8 Å². The Morgan fingerprint density at radius 3 is 2.67 bits per heavy atom. The van der Waals surface area contributed by atoms with E-state index in [9.17, 15) is 0 Å². The molecule has 1 aromatic rings. The average molecular weight is 284 g/mol. The van der Waals surface area contributed by atoms with Gasteiger partial charge in [0.2, 0.25) is 0 Å². The lowest BCUT2D eigenvalue weighted by atomic mass is 10.1. The summed E-state index contributed by atoms with van der Waals surface area (Å²) in [6, 6.07) is 0.305. The molecule has 0 saturated heterocycles. The molecule has 1 unspecified atom stereocenters. The van der Waals surface area contributed by atoms with Gasteiger partial charge in [-0.3, -0.25) is 0 Å². The van der Waals surface area contributed by atoms with Gasteiger partial charge in [-0.15, -0.1) is 5.10 Å². The normalized spacial score (nSPS) is 12.2. The Hall–Kier alpha value is -0.880. The van der Waals surface area contributed by atoms with Crippen LogP contribution in [0.3, 0.4) is 0 Å². The molecule has 0 saturated carbocycles. The third-order valence-electron chi connectivity index (χ3n) is 2.66. The second-order valence-electron chi connectivity index (χ2n) is 4.20. The minimum absolute atomic E-state index is 0.305. The maximum atomic E-state index is 5.78. The van der Waals surface area contributed by atoms with Crippen molar-refractivity contribution in [3.8, 4) is 0 Å². The van der Waals surface area contributed by atoms with Crippen LogP contribution in [0.1, 0.15) is 30.7 Å². The molecule has 0 amide bonds. The fourth-order valence-corrected chi connectivity index (χ4v) is 2.50. The molecule has 0 fully saturated rings. The second kappa shape index (κ2) is 6.89. The Morgan fingerprint density at radius 2 is 2.11 bits per heavy atom. The van der Waals surface area contributed by atoms with Gasteiger partial charge in [0.15, 0.2) is 5.82 Å². The van der Waals surface area contributed by atoms with E-state index in [-0.39, 0.29) is 0 Å². The largest absolute Gasteiger partial charge is 0.389 e. The van der Waals surface area contributed by atoms with Crippen molar-refractivity contribution in [2.75, 3.05) is 16.8 Å². The van der Waals surface area contributed by atoms with E-state index in [0.717, 1.165) is 28.3 Å². The van der Waals surface area contributed by atoms with Crippen molar-refractivity contribution in [1.29, 1.82) is 0 Å². The van der Waals surface area contributed by atoms with Crippen LogP contribution in [0.2, 0.25) is 0 Å². The van der Waals surface area contributed by atoms with Gasteiger partial charge in [0, 0.05) is 11.8 Å². The minimum Gasteiger partial charge on any atom is -0.389 e. The fourth-order valence-electron chi connectivity index (χ4n) is 1.58. The summed E-state index contributed by atoms with van der Waals surface area (Å²) >= 11 is 6.98. The number of thiocarbonyl (C=S) groups is 1. The molecule has 3 N–H and O–H groups in total. The molecule has 1 aromatic heterocycles. The monoisotopic (exact) mass is 284 g/mol. The predicted octanol–water partition coefficient (Wildman–Crippen LogP) is 2.28. The number of thioether (sulfide) groups is 1. The molecular weight excluding hydrogens is 264 g/mol. The van der Waals surface area contributed by atoms with Crippen molar-refractivity contribution in [1.82, 2.24) is 10.2 Å². The zero-order chi connectivity index (χ0) is 13.7. The van der Waals surface area contributed by atoms with Gasteiger partial charge in [-0.05, 0) is 32.1 Å². The molecule has 0 aliphatic rings. The highest BCUT2D eigenvalue weighted by atomic mass is 32.2. The van der Waals surface area contributed by atoms with Crippen molar-refractivity contribution in [3.63, 3.8) is 0 Å². The van der Waals surface area contributed by atoms with Gasteiger partial charge in [-0.1, -0.05) is 19.1 Å². The number of hydrogen-bond donors (Lipinski definition) is 2. The second-order valence-corrected chi connectivity index (χ2v) is 5.96. The number of anilines is 1. The Morgan fingerprint density at radius 1 is 1.44 bits per heavy atom. The molecule has 1 atom stereocenters. The molecule has 18 heavy (non-hydrogen) atoms. The molecule has 0 spiro atoms. The van der Waals surface area contributed by atoms with E-state index in [1.807, 2.05) is 25.6 Å². The van der Waals surface area contributed by atoms with E-state index in [1.165, 1.54) is 0 Å². The Bertz CT molecular complexity index is 434. The highest BCUT2D eigenvalue weighted by Crippen LogP contribution is 2.19. The number of aryl methyl sites for hydroxylation is 1. The standard InChI is InChI=1S/C12H20N4S2/c1-5-18-6-7(2)14-12-10(11(13)17)8(3)9(4)15-16-12/h7H,5-6H2,1-4H3,(H2,13,17)(H,14,16). The first-order valence-corrected chi connectivity index (χ1v) is 7.51. The molecule has 6 heteroatoms. The van der Waals surface area contributed by atoms with Crippen LogP contribution >= 0.6 is 24.0 Å². The van der Waals surface area contributed by atoms with Gasteiger partial charge in [-0.2, -0.15) is 16.9 Å². The van der Waals surface area contributed by atoms with E-state index in [0.29, 0.717) is 16.8 Å². The Balaban J connectivity index is 2.95. The molecular formula is C12H20N4S2. The average Bonchev–Trinajstić information content (AvgIpc) is 2.31. The van der Waals surface area contributed by atoms with Crippen molar-refractivity contribution < 1.29 is 0 Å². The summed E-state index contributed by atoms with van der Waals surface area (Å²) in [5, 5.41) is 11.6. The fraction of sp³-hybridized carbons (Fsp3) is 0.583. The van der Waals surface area contributed by atoms with Crippen LogP contribution in [-0.2, 0) is 0 Å². The van der Waals surface area contributed by atoms with Crippen LogP contribution in [-0.4, -0.2) is 32.7 Å². The zero-order valence-corrected chi connectivity index (χ0v) is 12.9. The molecule has 0 aromatic carbocycles. The van der Waals surface area contributed by atoms with E-state index >= 15 is 0 Å². The van der Waals surface area contributed by atoms with E-state index in [4.69, 9.17) is 18.0 Å². The van der Waals surface area contributed by atoms with Crippen molar-refractivity contribution in [2.45, 2.75) is 33.7 Å². The van der Waals surface area contributed by atoms with Crippen LogP contribution < -0.4 is 11.1 Å². The van der Waals surface area contributed by atoms with Crippen molar-refractivity contribution in [2.24, 2.45) is 5.73 Å². The van der Waals surface area contributed by atoms with Crippen LogP contribution in [0.4, 0.5) is 5.82 Å². The number of hydrogen-bond acceptors (Lipinski definition) is 5. The summed E-state index contributed by atoms with van der Waals surface area (Å²) in [7, 11) is 0. The van der Waals surface area contributed by atoms with Crippen molar-refractivity contribution >= 4 is 34.8 Å². The maximum absolute atomic E-state index is 5.78. The van der Waals surface area contributed by atoms with Crippen molar-refractivity contribution in [3.05, 3.63) is 16.8 Å². The molecule has 1 heterocycles. The smallest absolute Gasteiger partial charge is 0.159 e. The van der Waals surface area contributed by atoms with Gasteiger partial charge in [0.25, 0.3) is 0 Å². The topological polar surface area (TPSA) is 63.8 Å². The number of nitrogens with zero attached hydrogens (tertiary/aromatic N) is 2. The first kappa shape index (κ1) is 15.2. The predicted molar refractivity (Wildman–Crippen MR) is 83.5 cm³/mol. The summed E-state index contributed by atoms with van der Waals surface area (Å²) in [5.41, 5.74) is 8.45. The van der Waals surface area contributed by atoms with Gasteiger partial charge in [0.1, 0.15) is 4.99 Å². The summed E-state index contributed by atoms with van der Waals surface area (Å²) in [4.78, 5) is 0.364. The molecule has 4 nitrogen and oxygen atoms in total. The zero-order valence-electron chi connectivity index (χ0n) is 11.3. The SMILES string of the molecule is CCSCC(C)Nc1nnc(C)c(C)c1C(N)=S. The lowest BCUT2D eigenvalue weighted by Crippen LogP contribution is -2.24. The van der Waals surface area contributed by atoms with E-state index < -0.39 is 0 Å². The molecule has 0 radical (unpaired) electrons. The van der Waals surface area contributed by atoms with Gasteiger partial charge >= 0.3 is 0 Å². The number of nitrogens with two attached hydrogens (primary N) is 1. The quantitative estimate of drug-likeness (QED) is 0.781. The maximum Gasteiger partial charge on any atom is 0.159 e. The summed E-state index contributed by atoms with van der Waals surface area (Å²) in [6.07, 6.45) is 0. The third-order valence-corrected chi connectivity index (χ3v) is 4.00. The Labute approximate surface area is 118 Å². The van der Waals surface area contributed by atoms with Gasteiger partial charge in [0.05, 0.1) is 11.3 Å². The van der Waals surface area contributed by atoms with Gasteiger partial charge in [-0.25, -0.2) is 0 Å². The number of nitrogens with one attached hydrogen (secondary N) is 1. The lowest BCUT2D eigenvalue weighted by molar-refractivity contribution is 0.871. The van der Waals surface area contributed by atoms with E-state index in [1.54, 1.807) is 0 Å². The summed E-state index contributed by atoms with van der Waals surface area (Å²) in [5.74, 6) is 2.81. The lowest BCUT2D eigenvalue weighted by Gasteiger charge is -2.17. The molecule has 1 rings (SSSR count). The minimum atomic E-state index is 0.305. The first-order valence-electron chi connectivity index (χ1n) is 5.95. The van der Waals surface area contributed by atoms with Crippen LogP contribution in [0.25, 0.3) is 0 Å². The van der Waals surface area contributed by atoms with Crippen LogP contribution in [0.5, 0.6) is 0 Å². The molecule has 0 aliphatic heterocycles. The first-order chi connectivity index (χ1) is 8.47. The summed E-state index contributed by atoms with van der Waals surface area (Å²) in [6.45, 7) is 8.13.